The molecule has 72 valence electrons. The lowest BCUT2D eigenvalue weighted by atomic mass is 10.1. The second-order valence-electron chi connectivity index (χ2n) is 3.12. The van der Waals surface area contributed by atoms with Crippen molar-refractivity contribution in [3.05, 3.63) is 35.9 Å². The molecule has 0 saturated heterocycles. The molecule has 1 rings (SSSR count). The normalized spacial score (nSPS) is 12.8. The smallest absolute Gasteiger partial charge is 0.0186 e. The van der Waals surface area contributed by atoms with Gasteiger partial charge in [-0.25, -0.2) is 0 Å². The molecule has 0 spiro atoms. The van der Waals surface area contributed by atoms with E-state index in [-0.39, 0.29) is 0 Å². The van der Waals surface area contributed by atoms with Gasteiger partial charge in [0.2, 0.25) is 0 Å². The molecule has 2 heteroatoms. The van der Waals surface area contributed by atoms with Crippen molar-refractivity contribution in [2.45, 2.75) is 24.1 Å². The van der Waals surface area contributed by atoms with E-state index in [1.807, 2.05) is 0 Å². The Balaban J connectivity index is 2.32. The SMILES string of the molecule is BrCCCC(Br)Cc1ccccc1. The highest BCUT2D eigenvalue weighted by Gasteiger charge is 2.03. The molecule has 0 aliphatic heterocycles. The monoisotopic (exact) mass is 304 g/mol. The van der Waals surface area contributed by atoms with Crippen molar-refractivity contribution < 1.29 is 0 Å². The Hall–Kier alpha value is 0.180. The molecule has 0 saturated carbocycles. The summed E-state index contributed by atoms with van der Waals surface area (Å²) >= 11 is 7.14. The zero-order chi connectivity index (χ0) is 9.52. The van der Waals surface area contributed by atoms with Gasteiger partial charge < -0.3 is 0 Å². The summed E-state index contributed by atoms with van der Waals surface area (Å²) in [7, 11) is 0. The van der Waals surface area contributed by atoms with Gasteiger partial charge in [0.15, 0.2) is 0 Å². The molecule has 1 aromatic carbocycles. The lowest BCUT2D eigenvalue weighted by Gasteiger charge is -2.08. The molecule has 0 amide bonds. The topological polar surface area (TPSA) is 0 Å². The van der Waals surface area contributed by atoms with Gasteiger partial charge in [-0.2, -0.15) is 0 Å². The number of alkyl halides is 2. The fourth-order valence-electron chi connectivity index (χ4n) is 1.27. The van der Waals surface area contributed by atoms with Gasteiger partial charge >= 0.3 is 0 Å². The van der Waals surface area contributed by atoms with Crippen molar-refractivity contribution in [1.82, 2.24) is 0 Å². The van der Waals surface area contributed by atoms with Gasteiger partial charge in [-0.3, -0.25) is 0 Å². The molecule has 0 radical (unpaired) electrons. The van der Waals surface area contributed by atoms with E-state index < -0.39 is 0 Å². The third kappa shape index (κ3) is 4.82. The van der Waals surface area contributed by atoms with E-state index in [4.69, 9.17) is 0 Å². The van der Waals surface area contributed by atoms with E-state index in [1.165, 1.54) is 18.4 Å². The van der Waals surface area contributed by atoms with Crippen LogP contribution in [0.1, 0.15) is 18.4 Å². The van der Waals surface area contributed by atoms with E-state index in [2.05, 4.69) is 62.2 Å². The van der Waals surface area contributed by atoms with E-state index in [1.54, 1.807) is 0 Å². The van der Waals surface area contributed by atoms with Gasteiger partial charge in [0.05, 0.1) is 0 Å². The Labute approximate surface area is 97.0 Å². The molecule has 0 heterocycles. The summed E-state index contributed by atoms with van der Waals surface area (Å²) in [6.45, 7) is 0. The number of rotatable bonds is 5. The van der Waals surface area contributed by atoms with E-state index in [9.17, 15) is 0 Å². The standard InChI is InChI=1S/C11H14Br2/c12-8-4-7-11(13)9-10-5-2-1-3-6-10/h1-3,5-6,11H,4,7-9H2. The average molecular weight is 306 g/mol. The maximum atomic E-state index is 3.69. The summed E-state index contributed by atoms with van der Waals surface area (Å²) in [6.07, 6.45) is 3.61. The molecule has 1 aromatic rings. The average Bonchev–Trinajstić information content (AvgIpc) is 2.16. The first-order valence-electron chi connectivity index (χ1n) is 4.57. The van der Waals surface area contributed by atoms with Crippen LogP contribution in [-0.2, 0) is 6.42 Å². The summed E-state index contributed by atoms with van der Waals surface area (Å²) in [4.78, 5) is 0.618. The summed E-state index contributed by atoms with van der Waals surface area (Å²) in [5, 5.41) is 1.10. The molecular formula is C11H14Br2. The number of hydrogen-bond donors (Lipinski definition) is 0. The van der Waals surface area contributed by atoms with Crippen LogP contribution in [0.4, 0.5) is 0 Å². The van der Waals surface area contributed by atoms with E-state index in [0.29, 0.717) is 4.83 Å². The minimum atomic E-state index is 0.618. The highest BCUT2D eigenvalue weighted by atomic mass is 79.9. The quantitative estimate of drug-likeness (QED) is 0.716. The molecule has 0 bridgehead atoms. The molecule has 1 atom stereocenters. The van der Waals surface area contributed by atoms with Crippen LogP contribution in [0.25, 0.3) is 0 Å². The molecule has 1 unspecified atom stereocenters. The minimum Gasteiger partial charge on any atom is -0.0928 e. The van der Waals surface area contributed by atoms with Crippen LogP contribution < -0.4 is 0 Å². The maximum absolute atomic E-state index is 3.69. The van der Waals surface area contributed by atoms with Crippen LogP contribution in [0, 0.1) is 0 Å². The van der Waals surface area contributed by atoms with Crippen molar-refractivity contribution in [2.75, 3.05) is 5.33 Å². The van der Waals surface area contributed by atoms with Crippen molar-refractivity contribution in [2.24, 2.45) is 0 Å². The number of hydrogen-bond acceptors (Lipinski definition) is 0. The second kappa shape index (κ2) is 6.61. The highest BCUT2D eigenvalue weighted by Crippen LogP contribution is 2.15. The lowest BCUT2D eigenvalue weighted by Crippen LogP contribution is -2.02. The first-order chi connectivity index (χ1) is 6.33. The Morgan fingerprint density at radius 1 is 1.15 bits per heavy atom. The summed E-state index contributed by atoms with van der Waals surface area (Å²) in [5.74, 6) is 0. The summed E-state index contributed by atoms with van der Waals surface area (Å²) in [6, 6.07) is 10.6. The molecule has 0 aliphatic rings. The summed E-state index contributed by atoms with van der Waals surface area (Å²) < 4.78 is 0. The highest BCUT2D eigenvalue weighted by molar-refractivity contribution is 9.09. The van der Waals surface area contributed by atoms with Crippen molar-refractivity contribution in [3.63, 3.8) is 0 Å². The third-order valence-electron chi connectivity index (χ3n) is 1.95. The van der Waals surface area contributed by atoms with Gasteiger partial charge in [-0.15, -0.1) is 0 Å². The van der Waals surface area contributed by atoms with Crippen LogP contribution in [0.5, 0.6) is 0 Å². The van der Waals surface area contributed by atoms with Gasteiger partial charge in [0.1, 0.15) is 0 Å². The van der Waals surface area contributed by atoms with Crippen molar-refractivity contribution >= 4 is 31.9 Å². The molecular weight excluding hydrogens is 292 g/mol. The van der Waals surface area contributed by atoms with Gasteiger partial charge in [0.25, 0.3) is 0 Å². The molecule has 0 N–H and O–H groups in total. The molecule has 0 aromatic heterocycles. The zero-order valence-corrected chi connectivity index (χ0v) is 10.7. The Bertz CT molecular complexity index is 221. The maximum Gasteiger partial charge on any atom is 0.0186 e. The van der Waals surface area contributed by atoms with Gasteiger partial charge in [0, 0.05) is 10.2 Å². The van der Waals surface area contributed by atoms with Crippen LogP contribution in [-0.4, -0.2) is 10.2 Å². The summed E-state index contributed by atoms with van der Waals surface area (Å²) in [5.41, 5.74) is 1.42. The van der Waals surface area contributed by atoms with Crippen LogP contribution in [0.2, 0.25) is 0 Å². The largest absolute Gasteiger partial charge is 0.0928 e. The van der Waals surface area contributed by atoms with Crippen LogP contribution in [0.3, 0.4) is 0 Å². The molecule has 0 aliphatic carbocycles. The predicted molar refractivity (Wildman–Crippen MR) is 65.9 cm³/mol. The molecule has 0 nitrogen and oxygen atoms in total. The third-order valence-corrected chi connectivity index (χ3v) is 3.29. The minimum absolute atomic E-state index is 0.618. The zero-order valence-electron chi connectivity index (χ0n) is 7.55. The Morgan fingerprint density at radius 3 is 2.46 bits per heavy atom. The lowest BCUT2D eigenvalue weighted by molar-refractivity contribution is 0.752. The van der Waals surface area contributed by atoms with Crippen molar-refractivity contribution in [1.29, 1.82) is 0 Å². The number of benzene rings is 1. The molecule has 0 fully saturated rings. The molecule has 13 heavy (non-hydrogen) atoms. The Kier molecular flexibility index (Phi) is 5.72. The van der Waals surface area contributed by atoms with Gasteiger partial charge in [-0.1, -0.05) is 62.2 Å². The first-order valence-corrected chi connectivity index (χ1v) is 6.60. The first kappa shape index (κ1) is 11.3. The Morgan fingerprint density at radius 2 is 1.85 bits per heavy atom. The van der Waals surface area contributed by atoms with E-state index in [0.717, 1.165) is 11.8 Å². The van der Waals surface area contributed by atoms with Gasteiger partial charge in [-0.05, 0) is 24.8 Å². The second-order valence-corrected chi connectivity index (χ2v) is 5.21. The van der Waals surface area contributed by atoms with Crippen molar-refractivity contribution in [3.8, 4) is 0 Å². The van der Waals surface area contributed by atoms with E-state index >= 15 is 0 Å². The predicted octanol–water partition coefficient (Wildman–Crippen LogP) is 4.17. The number of halogens is 2. The fraction of sp³-hybridized carbons (Fsp3) is 0.455. The van der Waals surface area contributed by atoms with Crippen LogP contribution in [0.15, 0.2) is 30.3 Å². The van der Waals surface area contributed by atoms with Crippen LogP contribution >= 0.6 is 31.9 Å². The fourth-order valence-corrected chi connectivity index (χ4v) is 2.29.